The Kier molecular flexibility index (Phi) is 3.65. The van der Waals surface area contributed by atoms with Gasteiger partial charge in [-0.3, -0.25) is 9.59 Å². The Bertz CT molecular complexity index is 592. The van der Waals surface area contributed by atoms with E-state index < -0.39 is 0 Å². The average molecular weight is 307 g/mol. The zero-order chi connectivity index (χ0) is 15.1. The molecule has 0 saturated heterocycles. The Morgan fingerprint density at radius 1 is 1.38 bits per heavy atom. The number of carbonyl (C=O) groups is 2. The van der Waals surface area contributed by atoms with E-state index in [9.17, 15) is 9.59 Å². The highest BCUT2D eigenvalue weighted by atomic mass is 32.1. The normalized spacial score (nSPS) is 23.7. The van der Waals surface area contributed by atoms with Crippen molar-refractivity contribution in [3.8, 4) is 0 Å². The summed E-state index contributed by atoms with van der Waals surface area (Å²) < 4.78 is 0. The van der Waals surface area contributed by atoms with Crippen LogP contribution in [0.4, 0.5) is 10.7 Å². The second kappa shape index (κ2) is 5.33. The Morgan fingerprint density at radius 3 is 2.62 bits per heavy atom. The maximum Gasteiger partial charge on any atom is 0.256 e. The summed E-state index contributed by atoms with van der Waals surface area (Å²) in [6, 6.07) is 0.403. The fraction of sp³-hybridized carbons (Fsp3) is 0.600. The van der Waals surface area contributed by atoms with Crippen LogP contribution in [0, 0.1) is 11.8 Å². The number of hydrogen-bond acceptors (Lipinski definition) is 5. The van der Waals surface area contributed by atoms with Gasteiger partial charge in [-0.15, -0.1) is 11.3 Å². The molecule has 5 nitrogen and oxygen atoms in total. The summed E-state index contributed by atoms with van der Waals surface area (Å²) in [4.78, 5) is 24.9. The Balaban J connectivity index is 1.90. The number of rotatable bonds is 6. The minimum absolute atomic E-state index is 0.0959. The molecule has 1 aromatic rings. The van der Waals surface area contributed by atoms with Crippen LogP contribution < -0.4 is 16.4 Å². The lowest BCUT2D eigenvalue weighted by atomic mass is 10.1. The largest absolute Gasteiger partial charge is 0.397 e. The number of thiophene rings is 1. The van der Waals surface area contributed by atoms with Crippen LogP contribution in [-0.2, 0) is 0 Å². The van der Waals surface area contributed by atoms with Crippen LogP contribution in [-0.4, -0.2) is 24.8 Å². The molecule has 2 aliphatic rings. The maximum atomic E-state index is 12.3. The number of carbonyl (C=O) groups excluding carboxylic acids is 2. The van der Waals surface area contributed by atoms with Gasteiger partial charge in [0.05, 0.1) is 16.1 Å². The van der Waals surface area contributed by atoms with Gasteiger partial charge in [-0.05, 0) is 25.2 Å². The Morgan fingerprint density at radius 2 is 2.10 bits per heavy atom. The van der Waals surface area contributed by atoms with Crippen LogP contribution in [0.25, 0.3) is 0 Å². The van der Waals surface area contributed by atoms with Crippen molar-refractivity contribution >= 4 is 33.7 Å². The summed E-state index contributed by atoms with van der Waals surface area (Å²) in [5.41, 5.74) is 6.88. The smallest absolute Gasteiger partial charge is 0.256 e. The summed E-state index contributed by atoms with van der Waals surface area (Å²) >= 11 is 1.34. The topological polar surface area (TPSA) is 84.2 Å². The van der Waals surface area contributed by atoms with E-state index in [1.807, 2.05) is 0 Å². The van der Waals surface area contributed by atoms with E-state index in [0.29, 0.717) is 28.1 Å². The first kappa shape index (κ1) is 14.4. The molecule has 1 amide bonds. The van der Waals surface area contributed by atoms with Crippen molar-refractivity contribution in [2.24, 2.45) is 11.8 Å². The lowest BCUT2D eigenvalue weighted by Crippen LogP contribution is -2.20. The van der Waals surface area contributed by atoms with Crippen LogP contribution >= 0.6 is 11.3 Å². The molecule has 4 N–H and O–H groups in total. The Hall–Kier alpha value is -1.56. The molecule has 1 heterocycles. The van der Waals surface area contributed by atoms with Crippen LogP contribution in [0.2, 0.25) is 0 Å². The molecule has 21 heavy (non-hydrogen) atoms. The van der Waals surface area contributed by atoms with Gasteiger partial charge in [-0.2, -0.15) is 0 Å². The van der Waals surface area contributed by atoms with E-state index in [-0.39, 0.29) is 17.6 Å². The lowest BCUT2D eigenvalue weighted by molar-refractivity contribution is 0.0964. The zero-order valence-electron chi connectivity index (χ0n) is 12.4. The number of hydrogen-bond donors (Lipinski definition) is 3. The number of nitrogens with one attached hydrogen (secondary N) is 2. The van der Waals surface area contributed by atoms with E-state index in [4.69, 9.17) is 5.73 Å². The highest BCUT2D eigenvalue weighted by Crippen LogP contribution is 2.44. The quantitative estimate of drug-likeness (QED) is 0.705. The number of ketones is 1. The van der Waals surface area contributed by atoms with E-state index in [0.717, 1.165) is 30.7 Å². The molecule has 0 aliphatic heterocycles. The highest BCUT2D eigenvalue weighted by Gasteiger charge is 2.39. The van der Waals surface area contributed by atoms with Crippen molar-refractivity contribution in [1.29, 1.82) is 0 Å². The molecular weight excluding hydrogens is 286 g/mol. The number of Topliss-reactive ketones (excluding diaryl/α,β-unsaturated/α-hetero) is 1. The van der Waals surface area contributed by atoms with Crippen molar-refractivity contribution in [3.05, 3.63) is 10.4 Å². The molecular formula is C15H21N3O2S. The summed E-state index contributed by atoms with van der Waals surface area (Å²) in [5.74, 6) is 0.641. The minimum atomic E-state index is -0.227. The summed E-state index contributed by atoms with van der Waals surface area (Å²) in [6.07, 6.45) is 4.12. The molecule has 2 aliphatic carbocycles. The second-order valence-electron chi connectivity index (χ2n) is 5.92. The van der Waals surface area contributed by atoms with Gasteiger partial charge in [0.25, 0.3) is 5.91 Å². The van der Waals surface area contributed by atoms with Gasteiger partial charge in [0.1, 0.15) is 5.00 Å². The molecule has 2 saturated carbocycles. The van der Waals surface area contributed by atoms with Crippen LogP contribution in [0.3, 0.4) is 0 Å². The predicted molar refractivity (Wildman–Crippen MR) is 85.0 cm³/mol. The summed E-state index contributed by atoms with van der Waals surface area (Å²) in [5, 5.41) is 6.76. The molecule has 2 fully saturated rings. The van der Waals surface area contributed by atoms with Crippen molar-refractivity contribution in [2.75, 3.05) is 18.1 Å². The standard InChI is InChI=1S/C15H21N3O2S/c1-3-7-6-9(7)18-15-10(14(20)17-2)11(16)13(21-15)12(19)8-4-5-8/h7-9,18H,3-6,16H2,1-2H3,(H,17,20). The highest BCUT2D eigenvalue weighted by molar-refractivity contribution is 7.19. The van der Waals surface area contributed by atoms with E-state index in [2.05, 4.69) is 17.6 Å². The van der Waals surface area contributed by atoms with Crippen LogP contribution in [0.15, 0.2) is 0 Å². The van der Waals surface area contributed by atoms with Gasteiger partial charge in [0, 0.05) is 19.0 Å². The summed E-state index contributed by atoms with van der Waals surface area (Å²) in [7, 11) is 1.58. The maximum absolute atomic E-state index is 12.3. The van der Waals surface area contributed by atoms with Crippen LogP contribution in [0.5, 0.6) is 0 Å². The van der Waals surface area contributed by atoms with E-state index in [1.54, 1.807) is 7.05 Å². The third-order valence-corrected chi connectivity index (χ3v) is 5.49. The van der Waals surface area contributed by atoms with Crippen molar-refractivity contribution in [2.45, 2.75) is 38.6 Å². The third-order valence-electron chi connectivity index (χ3n) is 4.33. The molecule has 0 spiro atoms. The van der Waals surface area contributed by atoms with Gasteiger partial charge in [-0.1, -0.05) is 13.3 Å². The summed E-state index contributed by atoms with van der Waals surface area (Å²) in [6.45, 7) is 2.16. The first-order valence-electron chi connectivity index (χ1n) is 7.51. The monoisotopic (exact) mass is 307 g/mol. The lowest BCUT2D eigenvalue weighted by Gasteiger charge is -2.06. The molecule has 0 bridgehead atoms. The van der Waals surface area contributed by atoms with Gasteiger partial charge < -0.3 is 16.4 Å². The van der Waals surface area contributed by atoms with E-state index in [1.165, 1.54) is 11.3 Å². The van der Waals surface area contributed by atoms with E-state index >= 15 is 0 Å². The van der Waals surface area contributed by atoms with Crippen molar-refractivity contribution in [1.82, 2.24) is 5.32 Å². The van der Waals surface area contributed by atoms with Crippen molar-refractivity contribution < 1.29 is 9.59 Å². The molecule has 2 atom stereocenters. The van der Waals surface area contributed by atoms with Gasteiger partial charge >= 0.3 is 0 Å². The predicted octanol–water partition coefficient (Wildman–Crippen LogP) is 2.49. The zero-order valence-corrected chi connectivity index (χ0v) is 13.2. The fourth-order valence-electron chi connectivity index (χ4n) is 2.65. The molecule has 3 rings (SSSR count). The molecule has 6 heteroatoms. The molecule has 1 aromatic heterocycles. The second-order valence-corrected chi connectivity index (χ2v) is 6.94. The molecule has 114 valence electrons. The van der Waals surface area contributed by atoms with Crippen molar-refractivity contribution in [3.63, 3.8) is 0 Å². The average Bonchev–Trinajstić information content (AvgIpc) is 3.37. The van der Waals surface area contributed by atoms with Gasteiger partial charge in [0.15, 0.2) is 5.78 Å². The minimum Gasteiger partial charge on any atom is -0.397 e. The first-order chi connectivity index (χ1) is 10.1. The number of amides is 1. The first-order valence-corrected chi connectivity index (χ1v) is 8.33. The number of anilines is 2. The third kappa shape index (κ3) is 2.64. The van der Waals surface area contributed by atoms with Gasteiger partial charge in [0.2, 0.25) is 0 Å². The van der Waals surface area contributed by atoms with Crippen LogP contribution in [0.1, 0.15) is 52.6 Å². The SMILES string of the molecule is CCC1CC1Nc1sc(C(=O)C2CC2)c(N)c1C(=O)NC. The molecule has 2 unspecified atom stereocenters. The fourth-order valence-corrected chi connectivity index (χ4v) is 3.85. The Labute approximate surface area is 128 Å². The molecule has 0 aromatic carbocycles. The van der Waals surface area contributed by atoms with Gasteiger partial charge in [-0.25, -0.2) is 0 Å². The number of nitrogen functional groups attached to an aromatic ring is 1. The molecule has 0 radical (unpaired) electrons. The number of nitrogens with two attached hydrogens (primary N) is 1.